The number of carbonyl (C=O) groups is 3. The number of terminal acetylenes is 1. The Labute approximate surface area is 174 Å². The molecule has 1 saturated carbocycles. The lowest BCUT2D eigenvalue weighted by atomic mass is 10.1. The van der Waals surface area contributed by atoms with Crippen molar-refractivity contribution in [2.24, 2.45) is 0 Å². The number of rotatable bonds is 6. The maximum atomic E-state index is 12.7. The van der Waals surface area contributed by atoms with Crippen molar-refractivity contribution in [1.82, 2.24) is 15.5 Å². The third-order valence-corrected chi connectivity index (χ3v) is 4.44. The molecule has 9 heteroatoms. The van der Waals surface area contributed by atoms with Crippen molar-refractivity contribution < 1.29 is 27.6 Å². The van der Waals surface area contributed by atoms with Crippen molar-refractivity contribution in [2.45, 2.75) is 57.4 Å². The minimum Gasteiger partial charge on any atom is -0.357 e. The molecule has 1 aliphatic carbocycles. The largest absolute Gasteiger partial charge is 0.416 e. The van der Waals surface area contributed by atoms with Gasteiger partial charge in [-0.05, 0) is 29.7 Å². The lowest BCUT2D eigenvalue weighted by Gasteiger charge is -2.18. The van der Waals surface area contributed by atoms with Crippen molar-refractivity contribution in [3.8, 4) is 12.8 Å². The molecule has 1 fully saturated rings. The standard InChI is InChI=1S/C16H18F3N3O3.C3H6.C2H2/c1-20-15(25)13(21-9-23)4-5-14(24)22-7-10-2-3-12(16(17,18)19)6-11(10)8-22;1-2-3-1;1-2/h2-3,6,9,13H,4-5,7-8H2,1H3,(H,20,25)(H,21,23);1-3H2;1-2H/t13-;;/m1../s1. The molecule has 1 aromatic carbocycles. The highest BCUT2D eigenvalue weighted by atomic mass is 19.4. The first-order valence-corrected chi connectivity index (χ1v) is 9.47. The molecule has 3 rings (SSSR count). The number of carbonyl (C=O) groups excluding carboxylic acids is 3. The minimum absolute atomic E-state index is 0.000949. The van der Waals surface area contributed by atoms with E-state index in [-0.39, 0.29) is 31.8 Å². The summed E-state index contributed by atoms with van der Waals surface area (Å²) < 4.78 is 38.2. The SMILES string of the molecule is C#C.C1CC1.CNC(=O)[C@@H](CCC(=O)N1Cc2ccc(C(F)(F)F)cc2C1)NC=O. The van der Waals surface area contributed by atoms with Gasteiger partial charge in [0.1, 0.15) is 6.04 Å². The zero-order valence-corrected chi connectivity index (χ0v) is 16.8. The van der Waals surface area contributed by atoms with Gasteiger partial charge < -0.3 is 15.5 Å². The Morgan fingerprint density at radius 1 is 1.17 bits per heavy atom. The minimum atomic E-state index is -4.42. The average molecular weight is 425 g/mol. The predicted octanol–water partition coefficient (Wildman–Crippen LogP) is 2.61. The first kappa shape index (κ1) is 25.0. The zero-order chi connectivity index (χ0) is 22.7. The molecule has 3 amide bonds. The van der Waals surface area contributed by atoms with Crippen molar-refractivity contribution in [2.75, 3.05) is 7.05 Å². The third-order valence-electron chi connectivity index (χ3n) is 4.44. The van der Waals surface area contributed by atoms with E-state index in [1.54, 1.807) is 0 Å². The molecule has 0 aromatic heterocycles. The molecule has 0 unspecified atom stereocenters. The Balaban J connectivity index is 0.000000802. The number of hydrogen-bond acceptors (Lipinski definition) is 3. The molecule has 0 radical (unpaired) electrons. The Hall–Kier alpha value is -3.02. The number of alkyl halides is 3. The number of likely N-dealkylation sites (N-methyl/N-ethyl adjacent to an activating group) is 1. The van der Waals surface area contributed by atoms with Gasteiger partial charge in [0.2, 0.25) is 18.2 Å². The summed E-state index contributed by atoms with van der Waals surface area (Å²) in [6.45, 7) is 0.335. The van der Waals surface area contributed by atoms with Crippen LogP contribution in [0.2, 0.25) is 0 Å². The Bertz CT molecular complexity index is 758. The van der Waals surface area contributed by atoms with Crippen LogP contribution in [-0.2, 0) is 33.6 Å². The first-order chi connectivity index (χ1) is 14.3. The maximum Gasteiger partial charge on any atom is 0.416 e. The molecule has 0 spiro atoms. The Morgan fingerprint density at radius 2 is 1.77 bits per heavy atom. The molecule has 1 heterocycles. The summed E-state index contributed by atoms with van der Waals surface area (Å²) in [5, 5.41) is 4.72. The van der Waals surface area contributed by atoms with E-state index < -0.39 is 23.7 Å². The van der Waals surface area contributed by atoms with Gasteiger partial charge in [-0.25, -0.2) is 0 Å². The highest BCUT2D eigenvalue weighted by Crippen LogP contribution is 2.33. The fourth-order valence-electron chi connectivity index (χ4n) is 2.72. The predicted molar refractivity (Wildman–Crippen MR) is 106 cm³/mol. The van der Waals surface area contributed by atoms with E-state index in [4.69, 9.17) is 0 Å². The van der Waals surface area contributed by atoms with Crippen LogP contribution in [0, 0.1) is 12.8 Å². The number of nitrogens with zero attached hydrogens (tertiary/aromatic N) is 1. The van der Waals surface area contributed by atoms with Crippen LogP contribution in [0.15, 0.2) is 18.2 Å². The van der Waals surface area contributed by atoms with E-state index >= 15 is 0 Å². The fraction of sp³-hybridized carbons (Fsp3) is 0.476. The summed E-state index contributed by atoms with van der Waals surface area (Å²) in [5.41, 5.74) is 0.405. The summed E-state index contributed by atoms with van der Waals surface area (Å²) in [7, 11) is 1.42. The van der Waals surface area contributed by atoms with Gasteiger partial charge in [-0.3, -0.25) is 14.4 Å². The number of halogens is 3. The van der Waals surface area contributed by atoms with Crippen LogP contribution < -0.4 is 10.6 Å². The number of amides is 3. The number of fused-ring (bicyclic) bond motifs is 1. The number of nitrogens with one attached hydrogen (secondary N) is 2. The summed E-state index contributed by atoms with van der Waals surface area (Å²) in [5.74, 6) is -0.703. The zero-order valence-electron chi connectivity index (χ0n) is 16.8. The molecule has 1 aromatic rings. The van der Waals surface area contributed by atoms with E-state index in [0.29, 0.717) is 17.5 Å². The van der Waals surface area contributed by atoms with Gasteiger partial charge in [0, 0.05) is 26.6 Å². The van der Waals surface area contributed by atoms with Gasteiger partial charge in [0.25, 0.3) is 0 Å². The van der Waals surface area contributed by atoms with E-state index in [0.717, 1.165) is 12.1 Å². The molecule has 1 aliphatic heterocycles. The van der Waals surface area contributed by atoms with Crippen LogP contribution in [-0.4, -0.2) is 36.2 Å². The molecule has 30 heavy (non-hydrogen) atoms. The topological polar surface area (TPSA) is 78.5 Å². The normalized spacial score (nSPS) is 14.7. The smallest absolute Gasteiger partial charge is 0.357 e. The summed E-state index contributed by atoms with van der Waals surface area (Å²) >= 11 is 0. The van der Waals surface area contributed by atoms with Crippen LogP contribution in [0.1, 0.15) is 48.8 Å². The fourth-order valence-corrected chi connectivity index (χ4v) is 2.72. The summed E-state index contributed by atoms with van der Waals surface area (Å²) in [4.78, 5) is 35.8. The van der Waals surface area contributed by atoms with Gasteiger partial charge in [-0.1, -0.05) is 25.3 Å². The molecular weight excluding hydrogens is 399 g/mol. The molecule has 164 valence electrons. The number of hydrogen-bond donors (Lipinski definition) is 2. The highest BCUT2D eigenvalue weighted by Gasteiger charge is 2.33. The quantitative estimate of drug-likeness (QED) is 0.543. The second kappa shape index (κ2) is 11.9. The highest BCUT2D eigenvalue weighted by molar-refractivity contribution is 5.84. The van der Waals surface area contributed by atoms with Crippen molar-refractivity contribution >= 4 is 18.2 Å². The molecule has 6 nitrogen and oxygen atoms in total. The van der Waals surface area contributed by atoms with E-state index in [2.05, 4.69) is 23.5 Å². The first-order valence-electron chi connectivity index (χ1n) is 9.47. The van der Waals surface area contributed by atoms with Crippen LogP contribution in [0.5, 0.6) is 0 Å². The molecule has 1 atom stereocenters. The van der Waals surface area contributed by atoms with Crippen molar-refractivity contribution in [1.29, 1.82) is 0 Å². The van der Waals surface area contributed by atoms with Crippen LogP contribution in [0.3, 0.4) is 0 Å². The molecule has 2 aliphatic rings. The van der Waals surface area contributed by atoms with E-state index in [1.165, 1.54) is 37.3 Å². The van der Waals surface area contributed by atoms with Gasteiger partial charge in [0.15, 0.2) is 0 Å². The van der Waals surface area contributed by atoms with Gasteiger partial charge in [-0.15, -0.1) is 12.8 Å². The van der Waals surface area contributed by atoms with Crippen molar-refractivity contribution in [3.63, 3.8) is 0 Å². The lowest BCUT2D eigenvalue weighted by Crippen LogP contribution is -2.43. The van der Waals surface area contributed by atoms with Crippen molar-refractivity contribution in [3.05, 3.63) is 34.9 Å². The van der Waals surface area contributed by atoms with Gasteiger partial charge >= 0.3 is 6.18 Å². The molecule has 2 N–H and O–H groups in total. The maximum absolute atomic E-state index is 12.7. The average Bonchev–Trinajstić information content (AvgIpc) is 3.56. The summed E-state index contributed by atoms with van der Waals surface area (Å²) in [6.07, 6.45) is 8.57. The van der Waals surface area contributed by atoms with Gasteiger partial charge in [0.05, 0.1) is 5.56 Å². The Kier molecular flexibility index (Phi) is 9.89. The third kappa shape index (κ3) is 7.78. The van der Waals surface area contributed by atoms with Gasteiger partial charge in [-0.2, -0.15) is 13.2 Å². The summed E-state index contributed by atoms with van der Waals surface area (Å²) in [6, 6.07) is 2.62. The van der Waals surface area contributed by atoms with Crippen LogP contribution in [0.25, 0.3) is 0 Å². The molecular formula is C21H26F3N3O3. The second-order valence-electron chi connectivity index (χ2n) is 6.78. The van der Waals surface area contributed by atoms with E-state index in [9.17, 15) is 27.6 Å². The molecule has 0 saturated heterocycles. The van der Waals surface area contributed by atoms with E-state index in [1.807, 2.05) is 0 Å². The van der Waals surface area contributed by atoms with Crippen LogP contribution in [0.4, 0.5) is 13.2 Å². The second-order valence-corrected chi connectivity index (χ2v) is 6.78. The number of benzene rings is 1. The van der Waals surface area contributed by atoms with Crippen LogP contribution >= 0.6 is 0 Å². The monoisotopic (exact) mass is 425 g/mol. The Morgan fingerprint density at radius 3 is 2.27 bits per heavy atom. The molecule has 0 bridgehead atoms. The lowest BCUT2D eigenvalue weighted by molar-refractivity contribution is -0.137.